The molecule has 0 unspecified atom stereocenters. The van der Waals surface area contributed by atoms with Gasteiger partial charge in [-0.1, -0.05) is 32.0 Å². The molecule has 0 spiro atoms. The van der Waals surface area contributed by atoms with E-state index in [4.69, 9.17) is 21.1 Å². The molecule has 0 bridgehead atoms. The molecular weight excluding hydrogens is 368 g/mol. The highest BCUT2D eigenvalue weighted by atomic mass is 35.5. The number of benzene rings is 1. The van der Waals surface area contributed by atoms with Gasteiger partial charge in [-0.2, -0.15) is 0 Å². The van der Waals surface area contributed by atoms with E-state index in [1.54, 1.807) is 24.3 Å². The van der Waals surface area contributed by atoms with E-state index in [1.807, 2.05) is 0 Å². The Bertz CT molecular complexity index is 665. The van der Waals surface area contributed by atoms with Gasteiger partial charge in [0.2, 0.25) is 5.91 Å². The van der Waals surface area contributed by atoms with Crippen LogP contribution in [-0.2, 0) is 14.3 Å². The number of carbonyl (C=O) groups is 2. The van der Waals surface area contributed by atoms with Crippen LogP contribution in [0.3, 0.4) is 0 Å². The molecule has 0 heterocycles. The lowest BCUT2D eigenvalue weighted by molar-refractivity contribution is -0.133. The first-order chi connectivity index (χ1) is 12.7. The monoisotopic (exact) mass is 394 g/mol. The van der Waals surface area contributed by atoms with Gasteiger partial charge in [-0.3, -0.25) is 9.59 Å². The molecule has 0 atom stereocenters. The van der Waals surface area contributed by atoms with Gasteiger partial charge in [0.1, 0.15) is 12.4 Å². The minimum Gasteiger partial charge on any atom is -0.484 e. The minimum atomic E-state index is -0.308. The number of hydrogen-bond donors (Lipinski definition) is 2. The van der Waals surface area contributed by atoms with Crippen molar-refractivity contribution in [3.63, 3.8) is 0 Å². The van der Waals surface area contributed by atoms with Crippen molar-refractivity contribution in [3.05, 3.63) is 41.6 Å². The van der Waals surface area contributed by atoms with Crippen LogP contribution < -0.4 is 15.4 Å². The first kappa shape index (κ1) is 21.3. The van der Waals surface area contributed by atoms with Gasteiger partial charge in [-0.15, -0.1) is 0 Å². The lowest BCUT2D eigenvalue weighted by Crippen LogP contribution is -2.40. The third-order valence-electron chi connectivity index (χ3n) is 4.26. The van der Waals surface area contributed by atoms with Crippen molar-refractivity contribution in [1.29, 1.82) is 0 Å². The minimum absolute atomic E-state index is 0.0640. The Morgan fingerprint density at radius 2 is 1.85 bits per heavy atom. The number of nitrogens with one attached hydrogen (secondary N) is 2. The van der Waals surface area contributed by atoms with Crippen molar-refractivity contribution in [3.8, 4) is 5.75 Å². The molecular formula is C20H27ClN2O4. The molecule has 7 heteroatoms. The van der Waals surface area contributed by atoms with Crippen molar-refractivity contribution < 1.29 is 19.1 Å². The smallest absolute Gasteiger partial charge is 0.262 e. The summed E-state index contributed by atoms with van der Waals surface area (Å²) in [6, 6.07) is 6.75. The third kappa shape index (κ3) is 8.01. The van der Waals surface area contributed by atoms with Crippen LogP contribution in [0.2, 0.25) is 5.02 Å². The van der Waals surface area contributed by atoms with Gasteiger partial charge in [-0.25, -0.2) is 0 Å². The zero-order chi connectivity index (χ0) is 19.9. The summed E-state index contributed by atoms with van der Waals surface area (Å²) in [6.45, 7) is 8.48. The second kappa shape index (κ2) is 9.76. The molecule has 0 aromatic heterocycles. The Kier molecular flexibility index (Phi) is 7.68. The summed E-state index contributed by atoms with van der Waals surface area (Å²) in [6.07, 6.45) is 2.60. The van der Waals surface area contributed by atoms with Gasteiger partial charge in [-0.05, 0) is 42.5 Å². The molecule has 0 radical (unpaired) electrons. The maximum absolute atomic E-state index is 11.8. The quantitative estimate of drug-likeness (QED) is 0.639. The molecule has 0 saturated heterocycles. The van der Waals surface area contributed by atoms with E-state index < -0.39 is 0 Å². The Morgan fingerprint density at radius 3 is 2.48 bits per heavy atom. The van der Waals surface area contributed by atoms with Gasteiger partial charge < -0.3 is 20.1 Å². The van der Waals surface area contributed by atoms with Crippen LogP contribution in [0, 0.1) is 5.41 Å². The third-order valence-corrected chi connectivity index (χ3v) is 4.51. The highest BCUT2D eigenvalue weighted by Gasteiger charge is 2.36. The molecule has 2 rings (SSSR count). The Morgan fingerprint density at radius 1 is 1.19 bits per heavy atom. The second-order valence-corrected chi connectivity index (χ2v) is 7.94. The number of amides is 2. The average molecular weight is 395 g/mol. The van der Waals surface area contributed by atoms with Gasteiger partial charge in [0.25, 0.3) is 5.91 Å². The van der Waals surface area contributed by atoms with Gasteiger partial charge in [0.15, 0.2) is 6.61 Å². The molecule has 1 aliphatic carbocycles. The first-order valence-corrected chi connectivity index (χ1v) is 9.36. The summed E-state index contributed by atoms with van der Waals surface area (Å²) >= 11 is 5.79. The van der Waals surface area contributed by atoms with Crippen LogP contribution >= 0.6 is 11.6 Å². The van der Waals surface area contributed by atoms with Gasteiger partial charge in [0, 0.05) is 23.7 Å². The SMILES string of the molecule is C=C(CCNC(=O)COC1CC(C)(C)C1)NC(=O)COc1ccc(Cl)cc1. The first-order valence-electron chi connectivity index (χ1n) is 8.98. The van der Waals surface area contributed by atoms with E-state index in [0.29, 0.717) is 34.8 Å². The van der Waals surface area contributed by atoms with Crippen molar-refractivity contribution in [2.45, 2.75) is 39.2 Å². The number of hydrogen-bond acceptors (Lipinski definition) is 4. The summed E-state index contributed by atoms with van der Waals surface area (Å²) < 4.78 is 10.9. The number of rotatable bonds is 10. The highest BCUT2D eigenvalue weighted by molar-refractivity contribution is 6.30. The topological polar surface area (TPSA) is 76.7 Å². The van der Waals surface area contributed by atoms with Crippen LogP contribution in [0.1, 0.15) is 33.1 Å². The van der Waals surface area contributed by atoms with Crippen molar-refractivity contribution in [1.82, 2.24) is 10.6 Å². The number of halogens is 1. The summed E-state index contributed by atoms with van der Waals surface area (Å²) in [7, 11) is 0. The molecule has 1 aliphatic rings. The van der Waals surface area contributed by atoms with Crippen LogP contribution in [0.25, 0.3) is 0 Å². The molecule has 6 nitrogen and oxygen atoms in total. The summed E-state index contributed by atoms with van der Waals surface area (Å²) in [4.78, 5) is 23.6. The molecule has 0 aliphatic heterocycles. The molecule has 1 aromatic carbocycles. The normalized spacial score (nSPS) is 15.5. The van der Waals surface area contributed by atoms with Crippen molar-refractivity contribution in [2.24, 2.45) is 5.41 Å². The molecule has 1 aromatic rings. The van der Waals surface area contributed by atoms with E-state index in [2.05, 4.69) is 31.1 Å². The van der Waals surface area contributed by atoms with E-state index in [0.717, 1.165) is 12.8 Å². The van der Waals surface area contributed by atoms with Crippen LogP contribution in [0.15, 0.2) is 36.5 Å². The second-order valence-electron chi connectivity index (χ2n) is 7.50. The van der Waals surface area contributed by atoms with E-state index >= 15 is 0 Å². The molecule has 27 heavy (non-hydrogen) atoms. The lowest BCUT2D eigenvalue weighted by Gasteiger charge is -2.41. The van der Waals surface area contributed by atoms with E-state index in [-0.39, 0.29) is 31.1 Å². The maximum Gasteiger partial charge on any atom is 0.262 e. The van der Waals surface area contributed by atoms with Crippen LogP contribution in [0.5, 0.6) is 5.75 Å². The van der Waals surface area contributed by atoms with E-state index in [1.165, 1.54) is 0 Å². The Labute approximate surface area is 165 Å². The van der Waals surface area contributed by atoms with Crippen molar-refractivity contribution >= 4 is 23.4 Å². The fraction of sp³-hybridized carbons (Fsp3) is 0.500. The summed E-state index contributed by atoms with van der Waals surface area (Å²) in [5.74, 6) is 0.0874. The fourth-order valence-corrected chi connectivity index (χ4v) is 2.99. The molecule has 2 N–H and O–H groups in total. The fourth-order valence-electron chi connectivity index (χ4n) is 2.86. The Balaban J connectivity index is 1.52. The predicted molar refractivity (Wildman–Crippen MR) is 105 cm³/mol. The van der Waals surface area contributed by atoms with Gasteiger partial charge >= 0.3 is 0 Å². The van der Waals surface area contributed by atoms with E-state index in [9.17, 15) is 9.59 Å². The molecule has 1 fully saturated rings. The zero-order valence-electron chi connectivity index (χ0n) is 15.8. The number of carbonyl (C=O) groups excluding carboxylic acids is 2. The standard InChI is InChI=1S/C20H27ClN2O4/c1-14(23-19(25)13-26-16-6-4-15(21)5-7-16)8-9-22-18(24)12-27-17-10-20(2,3)11-17/h4-7,17H,1,8-13H2,2-3H3,(H,22,24)(H,23,25). The molecule has 1 saturated carbocycles. The van der Waals surface area contributed by atoms with Crippen LogP contribution in [-0.4, -0.2) is 37.7 Å². The largest absolute Gasteiger partial charge is 0.484 e. The van der Waals surface area contributed by atoms with Gasteiger partial charge in [0.05, 0.1) is 6.10 Å². The van der Waals surface area contributed by atoms with Crippen LogP contribution in [0.4, 0.5) is 0 Å². The summed E-state index contributed by atoms with van der Waals surface area (Å²) in [5.41, 5.74) is 0.843. The van der Waals surface area contributed by atoms with Crippen molar-refractivity contribution in [2.75, 3.05) is 19.8 Å². The number of ether oxygens (including phenoxy) is 2. The Hall–Kier alpha value is -2.05. The lowest BCUT2D eigenvalue weighted by atomic mass is 9.70. The molecule has 2 amide bonds. The average Bonchev–Trinajstić information content (AvgIpc) is 2.57. The molecule has 148 valence electrons. The zero-order valence-corrected chi connectivity index (χ0v) is 16.6. The maximum atomic E-state index is 11.8. The highest BCUT2D eigenvalue weighted by Crippen LogP contribution is 2.41. The predicted octanol–water partition coefficient (Wildman–Crippen LogP) is 3.06. The summed E-state index contributed by atoms with van der Waals surface area (Å²) in [5, 5.41) is 6.00.